The van der Waals surface area contributed by atoms with E-state index in [0.717, 1.165) is 18.9 Å². The maximum atomic E-state index is 11.7. The van der Waals surface area contributed by atoms with Crippen LogP contribution < -0.4 is 10.9 Å². The molecule has 1 fully saturated rings. The van der Waals surface area contributed by atoms with Gasteiger partial charge >= 0.3 is 0 Å². The minimum Gasteiger partial charge on any atom is -0.273 e. The Bertz CT molecular complexity index is 557. The summed E-state index contributed by atoms with van der Waals surface area (Å²) in [4.78, 5) is 33.0. The Hall–Kier alpha value is -2.15. The van der Waals surface area contributed by atoms with E-state index in [0.29, 0.717) is 0 Å². The van der Waals surface area contributed by atoms with Crippen molar-refractivity contribution >= 4 is 29.1 Å². The predicted octanol–water partition coefficient (Wildman–Crippen LogP) is 1.42. The lowest BCUT2D eigenvalue weighted by molar-refractivity contribution is -0.384. The van der Waals surface area contributed by atoms with Crippen molar-refractivity contribution in [3.05, 3.63) is 38.9 Å². The topological polar surface area (TPSA) is 101 Å². The number of rotatable bonds is 3. The second-order valence-corrected chi connectivity index (χ2v) is 4.55. The summed E-state index contributed by atoms with van der Waals surface area (Å²) in [5.41, 5.74) is 4.16. The van der Waals surface area contributed by atoms with Crippen LogP contribution in [0.15, 0.2) is 18.2 Å². The predicted molar refractivity (Wildman–Crippen MR) is 66.4 cm³/mol. The van der Waals surface area contributed by atoms with Crippen LogP contribution in [0.25, 0.3) is 0 Å². The van der Waals surface area contributed by atoms with Gasteiger partial charge in [-0.05, 0) is 25.0 Å². The molecule has 100 valence electrons. The highest BCUT2D eigenvalue weighted by Crippen LogP contribution is 2.28. The Balaban J connectivity index is 2.04. The van der Waals surface area contributed by atoms with Crippen molar-refractivity contribution in [1.82, 2.24) is 10.9 Å². The maximum absolute atomic E-state index is 11.7. The molecule has 2 amide bonds. The van der Waals surface area contributed by atoms with Crippen LogP contribution in [0, 0.1) is 16.0 Å². The van der Waals surface area contributed by atoms with Gasteiger partial charge in [-0.3, -0.25) is 30.6 Å². The molecule has 1 aliphatic carbocycles. The molecule has 0 saturated heterocycles. The second-order valence-electron chi connectivity index (χ2n) is 4.14. The highest BCUT2D eigenvalue weighted by atomic mass is 35.5. The van der Waals surface area contributed by atoms with Gasteiger partial charge < -0.3 is 0 Å². The zero-order valence-corrected chi connectivity index (χ0v) is 10.4. The summed E-state index contributed by atoms with van der Waals surface area (Å²) in [7, 11) is 0. The Morgan fingerprint density at radius 2 is 2.00 bits per heavy atom. The SMILES string of the molecule is O=C(NNC(=O)C1CC1)c1ccc(Cl)c([N+](=O)[O-])c1. The molecule has 1 aromatic rings. The monoisotopic (exact) mass is 283 g/mol. The van der Waals surface area contributed by atoms with Gasteiger partial charge in [0.2, 0.25) is 5.91 Å². The quantitative estimate of drug-likeness (QED) is 0.647. The fraction of sp³-hybridized carbons (Fsp3) is 0.273. The first-order valence-electron chi connectivity index (χ1n) is 5.53. The second kappa shape index (κ2) is 5.23. The number of amides is 2. The summed E-state index contributed by atoms with van der Waals surface area (Å²) < 4.78 is 0. The van der Waals surface area contributed by atoms with Gasteiger partial charge in [0.05, 0.1) is 4.92 Å². The molecule has 1 aromatic carbocycles. The molecule has 2 rings (SSSR count). The number of nitrogens with zero attached hydrogens (tertiary/aromatic N) is 1. The van der Waals surface area contributed by atoms with Crippen LogP contribution in [0.2, 0.25) is 5.02 Å². The number of nitro groups is 1. The lowest BCUT2D eigenvalue weighted by Gasteiger charge is -2.06. The molecule has 7 nitrogen and oxygen atoms in total. The van der Waals surface area contributed by atoms with E-state index in [1.807, 2.05) is 0 Å². The van der Waals surface area contributed by atoms with Crippen LogP contribution in [0.3, 0.4) is 0 Å². The molecule has 0 bridgehead atoms. The minimum atomic E-state index is -0.679. The van der Waals surface area contributed by atoms with Crippen molar-refractivity contribution in [1.29, 1.82) is 0 Å². The molecule has 0 aromatic heterocycles. The largest absolute Gasteiger partial charge is 0.288 e. The number of hydrazine groups is 1. The lowest BCUT2D eigenvalue weighted by atomic mass is 10.2. The number of hydrogen-bond donors (Lipinski definition) is 2. The number of nitrogens with one attached hydrogen (secondary N) is 2. The van der Waals surface area contributed by atoms with Crippen LogP contribution in [-0.2, 0) is 4.79 Å². The van der Waals surface area contributed by atoms with Crippen LogP contribution in [0.4, 0.5) is 5.69 Å². The Kier molecular flexibility index (Phi) is 3.66. The van der Waals surface area contributed by atoms with Crippen LogP contribution in [-0.4, -0.2) is 16.7 Å². The standard InChI is InChI=1S/C11H10ClN3O4/c12-8-4-3-7(5-9(8)15(18)19)11(17)14-13-10(16)6-1-2-6/h3-6H,1-2H2,(H,13,16)(H,14,17). The highest BCUT2D eigenvalue weighted by molar-refractivity contribution is 6.32. The number of halogens is 1. The van der Waals surface area contributed by atoms with Gasteiger partial charge in [0.15, 0.2) is 0 Å². The summed E-state index contributed by atoms with van der Waals surface area (Å²) in [6.45, 7) is 0. The van der Waals surface area contributed by atoms with Crippen LogP contribution in [0.1, 0.15) is 23.2 Å². The minimum absolute atomic E-state index is 0.0418. The van der Waals surface area contributed by atoms with E-state index in [1.165, 1.54) is 12.1 Å². The van der Waals surface area contributed by atoms with Gasteiger partial charge in [-0.2, -0.15) is 0 Å². The van der Waals surface area contributed by atoms with E-state index in [9.17, 15) is 19.7 Å². The van der Waals surface area contributed by atoms with Crippen molar-refractivity contribution in [3.8, 4) is 0 Å². The van der Waals surface area contributed by atoms with E-state index in [4.69, 9.17) is 11.6 Å². The fourth-order valence-corrected chi connectivity index (χ4v) is 1.62. The summed E-state index contributed by atoms with van der Waals surface area (Å²) in [6.07, 6.45) is 1.63. The highest BCUT2D eigenvalue weighted by Gasteiger charge is 2.29. The Labute approximate surface area is 113 Å². The summed E-state index contributed by atoms with van der Waals surface area (Å²) in [5.74, 6) is -0.926. The third kappa shape index (κ3) is 3.19. The van der Waals surface area contributed by atoms with Crippen molar-refractivity contribution in [3.63, 3.8) is 0 Å². The van der Waals surface area contributed by atoms with Crippen LogP contribution >= 0.6 is 11.6 Å². The van der Waals surface area contributed by atoms with Crippen molar-refractivity contribution in [2.45, 2.75) is 12.8 Å². The van der Waals surface area contributed by atoms with Gasteiger partial charge in [0, 0.05) is 17.5 Å². The van der Waals surface area contributed by atoms with Gasteiger partial charge in [-0.15, -0.1) is 0 Å². The number of hydrogen-bond acceptors (Lipinski definition) is 4. The molecule has 1 aliphatic rings. The first-order valence-corrected chi connectivity index (χ1v) is 5.91. The van der Waals surface area contributed by atoms with E-state index in [2.05, 4.69) is 10.9 Å². The lowest BCUT2D eigenvalue weighted by Crippen LogP contribution is -2.42. The molecule has 8 heteroatoms. The molecule has 2 N–H and O–H groups in total. The van der Waals surface area contributed by atoms with E-state index < -0.39 is 10.8 Å². The van der Waals surface area contributed by atoms with Crippen LogP contribution in [0.5, 0.6) is 0 Å². The molecule has 1 saturated carbocycles. The number of carbonyl (C=O) groups is 2. The number of carbonyl (C=O) groups excluding carboxylic acids is 2. The molecule has 0 spiro atoms. The molecule has 0 aliphatic heterocycles. The first-order chi connectivity index (χ1) is 8.99. The van der Waals surface area contributed by atoms with Crippen molar-refractivity contribution in [2.24, 2.45) is 5.92 Å². The normalized spacial score (nSPS) is 13.7. The number of benzene rings is 1. The Morgan fingerprint density at radius 3 is 2.58 bits per heavy atom. The molecule has 0 unspecified atom stereocenters. The van der Waals surface area contributed by atoms with E-state index in [1.54, 1.807) is 0 Å². The molecule has 0 atom stereocenters. The molecule has 0 radical (unpaired) electrons. The van der Waals surface area contributed by atoms with E-state index in [-0.39, 0.29) is 28.1 Å². The van der Waals surface area contributed by atoms with Gasteiger partial charge in [0.25, 0.3) is 11.6 Å². The van der Waals surface area contributed by atoms with E-state index >= 15 is 0 Å². The Morgan fingerprint density at radius 1 is 1.32 bits per heavy atom. The molecular weight excluding hydrogens is 274 g/mol. The average molecular weight is 284 g/mol. The maximum Gasteiger partial charge on any atom is 0.288 e. The van der Waals surface area contributed by atoms with Gasteiger partial charge in [-0.1, -0.05) is 11.6 Å². The zero-order valence-electron chi connectivity index (χ0n) is 9.68. The fourth-order valence-electron chi connectivity index (χ4n) is 1.43. The first kappa shape index (κ1) is 13.3. The third-order valence-corrected chi connectivity index (χ3v) is 2.97. The van der Waals surface area contributed by atoms with Crippen molar-refractivity contribution < 1.29 is 14.5 Å². The summed E-state index contributed by atoms with van der Waals surface area (Å²) >= 11 is 5.63. The summed E-state index contributed by atoms with van der Waals surface area (Å²) in [5, 5.41) is 10.6. The molecule has 19 heavy (non-hydrogen) atoms. The molecule has 0 heterocycles. The third-order valence-electron chi connectivity index (χ3n) is 2.65. The number of nitro benzene ring substituents is 1. The van der Waals surface area contributed by atoms with Crippen molar-refractivity contribution in [2.75, 3.05) is 0 Å². The average Bonchev–Trinajstić information content (AvgIpc) is 3.20. The summed E-state index contributed by atoms with van der Waals surface area (Å²) in [6, 6.07) is 3.66. The molecular formula is C11H10ClN3O4. The van der Waals surface area contributed by atoms with Gasteiger partial charge in [0.1, 0.15) is 5.02 Å². The smallest absolute Gasteiger partial charge is 0.273 e. The van der Waals surface area contributed by atoms with Gasteiger partial charge in [-0.25, -0.2) is 0 Å². The zero-order chi connectivity index (χ0) is 14.0.